The van der Waals surface area contributed by atoms with Crippen molar-refractivity contribution in [3.05, 3.63) is 24.1 Å². The largest absolute Gasteiger partial charge is 0.441 e. The van der Waals surface area contributed by atoms with Gasteiger partial charge in [-0.25, -0.2) is 4.98 Å². The van der Waals surface area contributed by atoms with Gasteiger partial charge >= 0.3 is 0 Å². The molecule has 2 N–H and O–H groups in total. The molecule has 1 amide bonds. The van der Waals surface area contributed by atoms with Crippen LogP contribution in [0, 0.1) is 0 Å². The number of nitrogens with one attached hydrogen (secondary N) is 2. The Balaban J connectivity index is 1.82. The molecule has 1 unspecified atom stereocenters. The summed E-state index contributed by atoms with van der Waals surface area (Å²) in [6.45, 7) is 4.96. The Hall–Kier alpha value is -1.88. The van der Waals surface area contributed by atoms with Gasteiger partial charge in [0.2, 0.25) is 5.91 Å². The summed E-state index contributed by atoms with van der Waals surface area (Å²) in [7, 11) is 0. The van der Waals surface area contributed by atoms with Crippen molar-refractivity contribution >= 4 is 22.7 Å². The molecule has 5 heteroatoms. The van der Waals surface area contributed by atoms with Gasteiger partial charge in [0, 0.05) is 12.1 Å². The van der Waals surface area contributed by atoms with E-state index in [1.165, 1.54) is 0 Å². The lowest BCUT2D eigenvalue weighted by atomic mass is 9.93. The third-order valence-electron chi connectivity index (χ3n) is 4.27. The van der Waals surface area contributed by atoms with Crippen LogP contribution in [-0.2, 0) is 11.2 Å². The number of hydrogen-bond donors (Lipinski definition) is 2. The van der Waals surface area contributed by atoms with Crippen molar-refractivity contribution in [3.63, 3.8) is 0 Å². The molecule has 2 aromatic rings. The van der Waals surface area contributed by atoms with E-state index in [9.17, 15) is 4.79 Å². The maximum Gasteiger partial charge on any atom is 0.244 e. The smallest absolute Gasteiger partial charge is 0.244 e. The van der Waals surface area contributed by atoms with E-state index in [0.717, 1.165) is 54.9 Å². The van der Waals surface area contributed by atoms with Gasteiger partial charge in [0.25, 0.3) is 0 Å². The first-order valence-electron chi connectivity index (χ1n) is 7.63. The third kappa shape index (κ3) is 2.53. The third-order valence-corrected chi connectivity index (χ3v) is 4.27. The van der Waals surface area contributed by atoms with E-state index in [0.29, 0.717) is 0 Å². The fourth-order valence-electron chi connectivity index (χ4n) is 2.92. The average Bonchev–Trinajstić information content (AvgIpc) is 3.13. The van der Waals surface area contributed by atoms with Crippen LogP contribution in [0.5, 0.6) is 0 Å². The Bertz CT molecular complexity index is 657. The molecule has 5 nitrogen and oxygen atoms in total. The van der Waals surface area contributed by atoms with Gasteiger partial charge in [-0.1, -0.05) is 13.8 Å². The van der Waals surface area contributed by atoms with Crippen molar-refractivity contribution in [1.82, 2.24) is 10.3 Å². The fourth-order valence-corrected chi connectivity index (χ4v) is 2.92. The van der Waals surface area contributed by atoms with Crippen molar-refractivity contribution in [1.29, 1.82) is 0 Å². The Morgan fingerprint density at radius 3 is 3.00 bits per heavy atom. The minimum Gasteiger partial charge on any atom is -0.441 e. The standard InChI is InChI=1S/C16H21N3O2/c1-3-14-19-12-10-11(6-7-13(12)21-14)18-15(20)16(4-2)8-5-9-17-16/h6-7,10,17H,3-5,8-9H2,1-2H3,(H,18,20). The number of nitrogens with zero attached hydrogens (tertiary/aromatic N) is 1. The van der Waals surface area contributed by atoms with E-state index < -0.39 is 5.54 Å². The maximum atomic E-state index is 12.5. The first-order valence-corrected chi connectivity index (χ1v) is 7.63. The van der Waals surface area contributed by atoms with Crippen LogP contribution in [0.15, 0.2) is 22.6 Å². The molecule has 2 heterocycles. The summed E-state index contributed by atoms with van der Waals surface area (Å²) >= 11 is 0. The summed E-state index contributed by atoms with van der Waals surface area (Å²) in [4.78, 5) is 16.9. The normalized spacial score (nSPS) is 21.8. The molecule has 0 saturated carbocycles. The summed E-state index contributed by atoms with van der Waals surface area (Å²) in [5.74, 6) is 0.761. The number of carbonyl (C=O) groups excluding carboxylic acids is 1. The van der Waals surface area contributed by atoms with E-state index in [2.05, 4.69) is 15.6 Å². The Morgan fingerprint density at radius 1 is 1.48 bits per heavy atom. The number of anilines is 1. The van der Waals surface area contributed by atoms with Crippen LogP contribution in [0.25, 0.3) is 11.1 Å². The van der Waals surface area contributed by atoms with E-state index >= 15 is 0 Å². The summed E-state index contributed by atoms with van der Waals surface area (Å²) in [6, 6.07) is 5.59. The summed E-state index contributed by atoms with van der Waals surface area (Å²) in [5, 5.41) is 6.36. The zero-order valence-corrected chi connectivity index (χ0v) is 12.5. The monoisotopic (exact) mass is 287 g/mol. The molecular weight excluding hydrogens is 266 g/mol. The lowest BCUT2D eigenvalue weighted by Gasteiger charge is -2.26. The van der Waals surface area contributed by atoms with E-state index in [1.807, 2.05) is 32.0 Å². The number of benzene rings is 1. The number of fused-ring (bicyclic) bond motifs is 1. The second-order valence-corrected chi connectivity index (χ2v) is 5.56. The van der Waals surface area contributed by atoms with Crippen LogP contribution < -0.4 is 10.6 Å². The van der Waals surface area contributed by atoms with Gasteiger partial charge in [-0.15, -0.1) is 0 Å². The highest BCUT2D eigenvalue weighted by atomic mass is 16.3. The van der Waals surface area contributed by atoms with Crippen molar-refractivity contribution in [2.24, 2.45) is 0 Å². The molecule has 1 aromatic heterocycles. The highest BCUT2D eigenvalue weighted by Crippen LogP contribution is 2.26. The van der Waals surface area contributed by atoms with Crippen LogP contribution in [0.1, 0.15) is 39.0 Å². The van der Waals surface area contributed by atoms with Crippen molar-refractivity contribution in [2.45, 2.75) is 45.1 Å². The SMILES string of the molecule is CCc1nc2cc(NC(=O)C3(CC)CCCN3)ccc2o1. The zero-order valence-electron chi connectivity index (χ0n) is 12.5. The maximum absolute atomic E-state index is 12.5. The first-order chi connectivity index (χ1) is 10.2. The van der Waals surface area contributed by atoms with Gasteiger partial charge in [0.1, 0.15) is 5.52 Å². The van der Waals surface area contributed by atoms with Gasteiger partial charge in [0.05, 0.1) is 5.54 Å². The van der Waals surface area contributed by atoms with Crippen LogP contribution >= 0.6 is 0 Å². The molecule has 21 heavy (non-hydrogen) atoms. The summed E-state index contributed by atoms with van der Waals surface area (Å²) in [6.07, 6.45) is 3.50. The minimum atomic E-state index is -0.423. The molecule has 112 valence electrons. The van der Waals surface area contributed by atoms with Gasteiger partial charge in [-0.2, -0.15) is 0 Å². The second-order valence-electron chi connectivity index (χ2n) is 5.56. The van der Waals surface area contributed by atoms with E-state index in [1.54, 1.807) is 0 Å². The number of carbonyl (C=O) groups is 1. The number of hydrogen-bond acceptors (Lipinski definition) is 4. The van der Waals surface area contributed by atoms with Crippen LogP contribution in [0.2, 0.25) is 0 Å². The van der Waals surface area contributed by atoms with Crippen LogP contribution in [0.3, 0.4) is 0 Å². The van der Waals surface area contributed by atoms with Gasteiger partial charge in [0.15, 0.2) is 11.5 Å². The van der Waals surface area contributed by atoms with Crippen molar-refractivity contribution in [3.8, 4) is 0 Å². The number of oxazole rings is 1. The first kappa shape index (κ1) is 14.1. The Labute approximate surface area is 124 Å². The molecule has 0 aliphatic carbocycles. The van der Waals surface area contributed by atoms with Gasteiger partial charge < -0.3 is 15.1 Å². The zero-order chi connectivity index (χ0) is 14.9. The number of aromatic nitrogens is 1. The Morgan fingerprint density at radius 2 is 2.33 bits per heavy atom. The molecule has 1 atom stereocenters. The lowest BCUT2D eigenvalue weighted by molar-refractivity contribution is -0.122. The average molecular weight is 287 g/mol. The quantitative estimate of drug-likeness (QED) is 0.907. The number of rotatable bonds is 4. The highest BCUT2D eigenvalue weighted by molar-refractivity contribution is 5.99. The molecule has 1 saturated heterocycles. The molecule has 0 spiro atoms. The summed E-state index contributed by atoms with van der Waals surface area (Å²) < 4.78 is 5.58. The van der Waals surface area contributed by atoms with Crippen molar-refractivity contribution in [2.75, 3.05) is 11.9 Å². The predicted molar refractivity (Wildman–Crippen MR) is 82.3 cm³/mol. The topological polar surface area (TPSA) is 67.2 Å². The Kier molecular flexibility index (Phi) is 3.68. The minimum absolute atomic E-state index is 0.0426. The molecule has 1 aliphatic rings. The van der Waals surface area contributed by atoms with Crippen molar-refractivity contribution < 1.29 is 9.21 Å². The number of amides is 1. The van der Waals surface area contributed by atoms with Gasteiger partial charge in [-0.3, -0.25) is 4.79 Å². The summed E-state index contributed by atoms with van der Waals surface area (Å²) in [5.41, 5.74) is 1.89. The molecule has 3 rings (SSSR count). The lowest BCUT2D eigenvalue weighted by Crippen LogP contribution is -2.50. The second kappa shape index (κ2) is 5.48. The molecule has 0 radical (unpaired) electrons. The van der Waals surface area contributed by atoms with Crippen LogP contribution in [0.4, 0.5) is 5.69 Å². The molecule has 1 aromatic carbocycles. The number of aryl methyl sites for hydroxylation is 1. The predicted octanol–water partition coefficient (Wildman–Crippen LogP) is 2.86. The fraction of sp³-hybridized carbons (Fsp3) is 0.500. The van der Waals surface area contributed by atoms with E-state index in [4.69, 9.17) is 4.42 Å². The molecule has 1 aliphatic heterocycles. The molecule has 0 bridgehead atoms. The van der Waals surface area contributed by atoms with E-state index in [-0.39, 0.29) is 5.91 Å². The molecular formula is C16H21N3O2. The highest BCUT2D eigenvalue weighted by Gasteiger charge is 2.39. The van der Waals surface area contributed by atoms with Crippen LogP contribution in [-0.4, -0.2) is 23.0 Å². The van der Waals surface area contributed by atoms with Gasteiger partial charge in [-0.05, 0) is 44.0 Å². The molecule has 1 fully saturated rings.